The number of rotatable bonds is 5. The van der Waals surface area contributed by atoms with Crippen molar-refractivity contribution < 1.29 is 19.2 Å². The topological polar surface area (TPSA) is 59.0 Å². The van der Waals surface area contributed by atoms with Gasteiger partial charge in [-0.1, -0.05) is 52.0 Å². The average Bonchev–Trinajstić information content (AvgIpc) is 2.73. The lowest BCUT2D eigenvalue weighted by Gasteiger charge is -2.32. The summed E-state index contributed by atoms with van der Waals surface area (Å²) in [7, 11) is -0.379. The zero-order chi connectivity index (χ0) is 20.6. The van der Waals surface area contributed by atoms with E-state index in [1.54, 1.807) is 0 Å². The molecule has 1 aliphatic heterocycles. The van der Waals surface area contributed by atoms with Crippen molar-refractivity contribution >= 4 is 18.7 Å². The molecule has 1 atom stereocenters. The summed E-state index contributed by atoms with van der Waals surface area (Å²) in [5.74, 6) is 0.107. The fourth-order valence-electron chi connectivity index (χ4n) is 3.18. The van der Waals surface area contributed by atoms with Crippen LogP contribution in [0.2, 0.25) is 0 Å². The molecule has 6 heteroatoms. The molecule has 1 amide bonds. The van der Waals surface area contributed by atoms with Crippen LogP contribution in [0.4, 0.5) is 4.79 Å². The molecule has 0 bridgehead atoms. The fourth-order valence-corrected chi connectivity index (χ4v) is 3.18. The first-order valence-electron chi connectivity index (χ1n) is 9.65. The molecule has 1 aromatic rings. The normalized spacial score (nSPS) is 19.8. The maximum Gasteiger partial charge on any atom is 0.494 e. The van der Waals surface area contributed by atoms with E-state index < -0.39 is 6.09 Å². The van der Waals surface area contributed by atoms with Crippen molar-refractivity contribution in [2.45, 2.75) is 72.5 Å². The lowest BCUT2D eigenvalue weighted by atomic mass is 9.78. The summed E-state index contributed by atoms with van der Waals surface area (Å²) in [5, 5.41) is 9.51. The van der Waals surface area contributed by atoms with Crippen LogP contribution in [0, 0.1) is 5.41 Å². The van der Waals surface area contributed by atoms with Gasteiger partial charge < -0.3 is 19.3 Å². The minimum Gasteiger partial charge on any atom is -0.465 e. The van der Waals surface area contributed by atoms with Gasteiger partial charge in [0, 0.05) is 13.1 Å². The first kappa shape index (κ1) is 21.8. The average molecular weight is 375 g/mol. The molecule has 1 unspecified atom stereocenters. The van der Waals surface area contributed by atoms with Crippen LogP contribution in [0.25, 0.3) is 0 Å². The second-order valence-electron chi connectivity index (χ2n) is 9.88. The monoisotopic (exact) mass is 375 g/mol. The lowest BCUT2D eigenvalue weighted by Crippen LogP contribution is -2.41. The second kappa shape index (κ2) is 7.48. The van der Waals surface area contributed by atoms with Crippen LogP contribution in [0.3, 0.4) is 0 Å². The molecule has 0 aliphatic carbocycles. The Morgan fingerprint density at radius 2 is 1.59 bits per heavy atom. The van der Waals surface area contributed by atoms with Crippen LogP contribution in [0.1, 0.15) is 66.9 Å². The Balaban J connectivity index is 2.07. The third-order valence-corrected chi connectivity index (χ3v) is 5.46. The van der Waals surface area contributed by atoms with Crippen LogP contribution in [0.15, 0.2) is 24.3 Å². The number of hydrogen-bond acceptors (Lipinski definition) is 3. The highest BCUT2D eigenvalue weighted by Gasteiger charge is 2.51. The molecule has 1 aliphatic rings. The number of hydrogen-bond donors (Lipinski definition) is 1. The third-order valence-electron chi connectivity index (χ3n) is 5.46. The van der Waals surface area contributed by atoms with E-state index in [-0.39, 0.29) is 29.7 Å². The van der Waals surface area contributed by atoms with E-state index in [0.717, 1.165) is 11.0 Å². The van der Waals surface area contributed by atoms with Gasteiger partial charge in [-0.05, 0) is 50.1 Å². The van der Waals surface area contributed by atoms with Crippen LogP contribution in [-0.2, 0) is 9.31 Å². The zero-order valence-corrected chi connectivity index (χ0v) is 18.0. The molecule has 1 aromatic carbocycles. The number of benzene rings is 1. The molecule has 1 heterocycles. The van der Waals surface area contributed by atoms with Gasteiger partial charge >= 0.3 is 13.2 Å². The summed E-state index contributed by atoms with van der Waals surface area (Å²) < 4.78 is 12.2. The van der Waals surface area contributed by atoms with Gasteiger partial charge in [0.2, 0.25) is 0 Å². The first-order valence-corrected chi connectivity index (χ1v) is 9.65. The van der Waals surface area contributed by atoms with E-state index >= 15 is 0 Å². The van der Waals surface area contributed by atoms with Crippen molar-refractivity contribution in [2.24, 2.45) is 5.41 Å². The Labute approximate surface area is 164 Å². The first-order chi connectivity index (χ1) is 12.2. The summed E-state index contributed by atoms with van der Waals surface area (Å²) in [5.41, 5.74) is 1.29. The summed E-state index contributed by atoms with van der Waals surface area (Å²) in [4.78, 5) is 13.1. The van der Waals surface area contributed by atoms with Gasteiger partial charge in [0.1, 0.15) is 0 Å². The van der Waals surface area contributed by atoms with E-state index in [9.17, 15) is 9.90 Å². The Morgan fingerprint density at radius 1 is 1.11 bits per heavy atom. The predicted octanol–water partition coefficient (Wildman–Crippen LogP) is 4.12. The summed E-state index contributed by atoms with van der Waals surface area (Å²) in [6.07, 6.45) is -0.870. The van der Waals surface area contributed by atoms with Crippen molar-refractivity contribution in [3.63, 3.8) is 0 Å². The molecule has 27 heavy (non-hydrogen) atoms. The second-order valence-corrected chi connectivity index (χ2v) is 9.88. The molecule has 1 N–H and O–H groups in total. The van der Waals surface area contributed by atoms with Crippen LogP contribution in [0.5, 0.6) is 0 Å². The minimum absolute atomic E-state index is 0.0707. The maximum atomic E-state index is 11.6. The van der Waals surface area contributed by atoms with Gasteiger partial charge in [-0.2, -0.15) is 0 Å². The molecule has 1 saturated heterocycles. The van der Waals surface area contributed by atoms with Gasteiger partial charge in [0.05, 0.1) is 11.2 Å². The van der Waals surface area contributed by atoms with Crippen molar-refractivity contribution in [1.82, 2.24) is 4.90 Å². The Morgan fingerprint density at radius 3 is 2.00 bits per heavy atom. The van der Waals surface area contributed by atoms with Crippen molar-refractivity contribution in [1.29, 1.82) is 0 Å². The van der Waals surface area contributed by atoms with Gasteiger partial charge in [0.25, 0.3) is 0 Å². The molecule has 0 spiro atoms. The molecule has 0 radical (unpaired) electrons. The molecule has 150 valence electrons. The molecular formula is C21H34BNO4. The molecule has 0 saturated carbocycles. The molecule has 0 aromatic heterocycles. The van der Waals surface area contributed by atoms with Crippen LogP contribution >= 0.6 is 0 Å². The maximum absolute atomic E-state index is 11.6. The zero-order valence-electron chi connectivity index (χ0n) is 18.0. The van der Waals surface area contributed by atoms with E-state index in [1.165, 1.54) is 4.90 Å². The van der Waals surface area contributed by atoms with E-state index in [0.29, 0.717) is 13.1 Å². The van der Waals surface area contributed by atoms with Crippen molar-refractivity contribution in [3.8, 4) is 0 Å². The SMILES string of the molecule is CC(CN(CC(C)(C)C)C(=O)O)c1ccc(B2OC(C)(C)C(C)(C)O2)cc1. The Kier molecular flexibility index (Phi) is 6.03. The fraction of sp³-hybridized carbons (Fsp3) is 0.667. The van der Waals surface area contributed by atoms with Gasteiger partial charge in [0.15, 0.2) is 0 Å². The van der Waals surface area contributed by atoms with Gasteiger partial charge in [-0.15, -0.1) is 0 Å². The number of nitrogens with zero attached hydrogens (tertiary/aromatic N) is 1. The molecule has 1 fully saturated rings. The van der Waals surface area contributed by atoms with Crippen LogP contribution < -0.4 is 5.46 Å². The van der Waals surface area contributed by atoms with E-state index in [2.05, 4.69) is 6.92 Å². The highest BCUT2D eigenvalue weighted by atomic mass is 16.7. The quantitative estimate of drug-likeness (QED) is 0.787. The smallest absolute Gasteiger partial charge is 0.465 e. The minimum atomic E-state index is -0.870. The van der Waals surface area contributed by atoms with Gasteiger partial charge in [-0.25, -0.2) is 4.79 Å². The van der Waals surface area contributed by atoms with Crippen LogP contribution in [-0.4, -0.2) is 47.5 Å². The Hall–Kier alpha value is -1.53. The lowest BCUT2D eigenvalue weighted by molar-refractivity contribution is 0.00578. The van der Waals surface area contributed by atoms with Crippen molar-refractivity contribution in [3.05, 3.63) is 29.8 Å². The standard InChI is InChI=1S/C21H34BNO4/c1-15(13-23(18(24)25)14-19(2,3)4)16-9-11-17(12-10-16)22-26-20(5,6)21(7,8)27-22/h9-12,15H,13-14H2,1-8H3,(H,24,25). The Bertz CT molecular complexity index is 648. The number of carboxylic acid groups (broad SMARTS) is 1. The highest BCUT2D eigenvalue weighted by Crippen LogP contribution is 2.36. The van der Waals surface area contributed by atoms with E-state index in [4.69, 9.17) is 9.31 Å². The third kappa shape index (κ3) is 5.26. The summed E-state index contributed by atoms with van der Waals surface area (Å²) >= 11 is 0. The summed E-state index contributed by atoms with van der Waals surface area (Å²) in [6, 6.07) is 8.12. The molecule has 5 nitrogen and oxygen atoms in total. The van der Waals surface area contributed by atoms with Gasteiger partial charge in [-0.3, -0.25) is 0 Å². The van der Waals surface area contributed by atoms with E-state index in [1.807, 2.05) is 72.7 Å². The number of carbonyl (C=O) groups is 1. The molecular weight excluding hydrogens is 341 g/mol. The molecule has 2 rings (SSSR count). The highest BCUT2D eigenvalue weighted by molar-refractivity contribution is 6.62. The number of amides is 1. The predicted molar refractivity (Wildman–Crippen MR) is 110 cm³/mol. The summed E-state index contributed by atoms with van der Waals surface area (Å²) in [6.45, 7) is 17.4. The van der Waals surface area contributed by atoms with Crippen molar-refractivity contribution in [2.75, 3.05) is 13.1 Å². The largest absolute Gasteiger partial charge is 0.494 e.